The molecule has 5 heteroatoms. The Balaban J connectivity index is 1.58. The Bertz CT molecular complexity index is 797. The summed E-state index contributed by atoms with van der Waals surface area (Å²) >= 11 is 0. The fourth-order valence-corrected chi connectivity index (χ4v) is 2.82. The maximum absolute atomic E-state index is 12.3. The summed E-state index contributed by atoms with van der Waals surface area (Å²) in [7, 11) is 0. The summed E-state index contributed by atoms with van der Waals surface area (Å²) in [5, 5.41) is 7.18. The molecule has 0 fully saturated rings. The first-order valence-corrected chi connectivity index (χ1v) is 8.43. The normalized spacial score (nSPS) is 13.2. The van der Waals surface area contributed by atoms with Gasteiger partial charge in [-0.25, -0.2) is 9.67 Å². The summed E-state index contributed by atoms with van der Waals surface area (Å²) < 4.78 is 1.70. The van der Waals surface area contributed by atoms with Crippen molar-refractivity contribution in [2.75, 3.05) is 0 Å². The molecular weight excluding hydrogens is 312 g/mol. The van der Waals surface area contributed by atoms with E-state index in [-0.39, 0.29) is 17.9 Å². The van der Waals surface area contributed by atoms with E-state index in [1.165, 1.54) is 11.9 Å². The molecule has 0 aliphatic heterocycles. The molecule has 5 nitrogen and oxygen atoms in total. The van der Waals surface area contributed by atoms with E-state index < -0.39 is 0 Å². The Kier molecular flexibility index (Phi) is 5.23. The first-order valence-electron chi connectivity index (χ1n) is 8.43. The monoisotopic (exact) mass is 334 g/mol. The van der Waals surface area contributed by atoms with Gasteiger partial charge >= 0.3 is 0 Å². The summed E-state index contributed by atoms with van der Waals surface area (Å²) in [5.74, 6) is 0.257. The van der Waals surface area contributed by atoms with Gasteiger partial charge in [-0.3, -0.25) is 4.79 Å². The van der Waals surface area contributed by atoms with Crippen LogP contribution in [0.15, 0.2) is 67.3 Å². The van der Waals surface area contributed by atoms with Gasteiger partial charge in [0, 0.05) is 6.42 Å². The lowest BCUT2D eigenvalue weighted by Crippen LogP contribution is -2.27. The van der Waals surface area contributed by atoms with Gasteiger partial charge in [0.25, 0.3) is 0 Å². The molecule has 0 aliphatic carbocycles. The van der Waals surface area contributed by atoms with Crippen molar-refractivity contribution in [3.8, 4) is 5.69 Å². The molecule has 0 saturated carbocycles. The van der Waals surface area contributed by atoms with E-state index in [1.807, 2.05) is 49.4 Å². The van der Waals surface area contributed by atoms with Gasteiger partial charge in [-0.2, -0.15) is 5.10 Å². The largest absolute Gasteiger partial charge is 0.350 e. The highest BCUT2D eigenvalue weighted by Crippen LogP contribution is 2.20. The van der Waals surface area contributed by atoms with Crippen LogP contribution < -0.4 is 5.32 Å². The second-order valence-corrected chi connectivity index (χ2v) is 6.24. The van der Waals surface area contributed by atoms with Crippen LogP contribution in [0.1, 0.15) is 43.4 Å². The van der Waals surface area contributed by atoms with Crippen molar-refractivity contribution in [3.63, 3.8) is 0 Å². The maximum Gasteiger partial charge on any atom is 0.221 e. The van der Waals surface area contributed by atoms with Crippen molar-refractivity contribution in [2.24, 2.45) is 0 Å². The highest BCUT2D eigenvalue weighted by Gasteiger charge is 2.14. The molecule has 2 unspecified atom stereocenters. The van der Waals surface area contributed by atoms with Gasteiger partial charge in [-0.15, -0.1) is 0 Å². The van der Waals surface area contributed by atoms with Crippen molar-refractivity contribution < 1.29 is 4.79 Å². The van der Waals surface area contributed by atoms with Crippen LogP contribution in [0, 0.1) is 0 Å². The van der Waals surface area contributed by atoms with E-state index >= 15 is 0 Å². The van der Waals surface area contributed by atoms with Gasteiger partial charge < -0.3 is 5.32 Å². The molecule has 1 heterocycles. The molecule has 1 N–H and O–H groups in total. The number of carbonyl (C=O) groups is 1. The van der Waals surface area contributed by atoms with Crippen LogP contribution in [0.3, 0.4) is 0 Å². The number of hydrogen-bond donors (Lipinski definition) is 1. The lowest BCUT2D eigenvalue weighted by atomic mass is 9.97. The van der Waals surface area contributed by atoms with Gasteiger partial charge in [0.15, 0.2) is 0 Å². The third-order valence-electron chi connectivity index (χ3n) is 4.31. The number of nitrogens with zero attached hydrogens (tertiary/aromatic N) is 3. The highest BCUT2D eigenvalue weighted by atomic mass is 16.1. The van der Waals surface area contributed by atoms with Crippen molar-refractivity contribution in [2.45, 2.75) is 32.2 Å². The molecule has 0 spiro atoms. The number of benzene rings is 2. The predicted molar refractivity (Wildman–Crippen MR) is 97.4 cm³/mol. The Morgan fingerprint density at radius 1 is 1.04 bits per heavy atom. The number of nitrogens with one attached hydrogen (secondary N) is 1. The van der Waals surface area contributed by atoms with Crippen molar-refractivity contribution >= 4 is 5.91 Å². The first kappa shape index (κ1) is 16.9. The number of amides is 1. The van der Waals surface area contributed by atoms with Crippen LogP contribution in [0.5, 0.6) is 0 Å². The van der Waals surface area contributed by atoms with Crippen molar-refractivity contribution in [3.05, 3.63) is 78.4 Å². The Hall–Kier alpha value is -2.95. The van der Waals surface area contributed by atoms with Gasteiger partial charge in [0.05, 0.1) is 11.7 Å². The third kappa shape index (κ3) is 4.32. The average Bonchev–Trinajstić information content (AvgIpc) is 3.17. The van der Waals surface area contributed by atoms with Crippen LogP contribution in [-0.2, 0) is 4.79 Å². The fourth-order valence-electron chi connectivity index (χ4n) is 2.82. The minimum absolute atomic E-state index is 0.0414. The van der Waals surface area contributed by atoms with Crippen molar-refractivity contribution in [1.82, 2.24) is 20.1 Å². The molecule has 1 amide bonds. The third-order valence-corrected chi connectivity index (χ3v) is 4.31. The predicted octanol–water partition coefficient (Wildman–Crippen LogP) is 3.64. The number of carbonyl (C=O) groups excluding carboxylic acids is 1. The molecule has 2 atom stereocenters. The number of hydrogen-bond acceptors (Lipinski definition) is 3. The second-order valence-electron chi connectivity index (χ2n) is 6.24. The van der Waals surface area contributed by atoms with E-state index in [2.05, 4.69) is 34.5 Å². The molecule has 0 aliphatic rings. The van der Waals surface area contributed by atoms with E-state index in [1.54, 1.807) is 11.0 Å². The minimum atomic E-state index is -0.0414. The van der Waals surface area contributed by atoms with Crippen LogP contribution >= 0.6 is 0 Å². The Morgan fingerprint density at radius 2 is 1.76 bits per heavy atom. The SMILES string of the molecule is CC(CC(=O)NC(C)c1ccc(-n2cncn2)cc1)c1ccccc1. The Labute approximate surface area is 147 Å². The molecule has 0 radical (unpaired) electrons. The molecular formula is C20H22N4O. The minimum Gasteiger partial charge on any atom is -0.350 e. The van der Waals surface area contributed by atoms with E-state index in [0.717, 1.165) is 11.3 Å². The van der Waals surface area contributed by atoms with Crippen LogP contribution in [0.4, 0.5) is 0 Å². The number of aromatic nitrogens is 3. The quantitative estimate of drug-likeness (QED) is 0.749. The summed E-state index contributed by atoms with van der Waals surface area (Å²) in [6.07, 6.45) is 3.64. The molecule has 128 valence electrons. The van der Waals surface area contributed by atoms with Crippen LogP contribution in [0.25, 0.3) is 5.69 Å². The molecule has 0 saturated heterocycles. The molecule has 0 bridgehead atoms. The summed E-state index contributed by atoms with van der Waals surface area (Å²) in [4.78, 5) is 16.3. The van der Waals surface area contributed by atoms with Gasteiger partial charge in [-0.1, -0.05) is 49.4 Å². The Morgan fingerprint density at radius 3 is 2.40 bits per heavy atom. The lowest BCUT2D eigenvalue weighted by molar-refractivity contribution is -0.122. The van der Waals surface area contributed by atoms with E-state index in [9.17, 15) is 4.79 Å². The molecule has 1 aromatic heterocycles. The summed E-state index contributed by atoms with van der Waals surface area (Å²) in [5.41, 5.74) is 3.18. The standard InChI is InChI=1S/C20H22N4O/c1-15(17-6-4-3-5-7-17)12-20(25)23-16(2)18-8-10-19(11-9-18)24-14-21-13-22-24/h3-11,13-16H,12H2,1-2H3,(H,23,25). The zero-order valence-corrected chi connectivity index (χ0v) is 14.5. The van der Waals surface area contributed by atoms with Gasteiger partial charge in [0.1, 0.15) is 12.7 Å². The molecule has 25 heavy (non-hydrogen) atoms. The van der Waals surface area contributed by atoms with Gasteiger partial charge in [0.2, 0.25) is 5.91 Å². The topological polar surface area (TPSA) is 59.8 Å². The summed E-state index contributed by atoms with van der Waals surface area (Å²) in [6, 6.07) is 18.0. The molecule has 3 rings (SSSR count). The zero-order valence-electron chi connectivity index (χ0n) is 14.5. The molecule has 2 aromatic carbocycles. The fraction of sp³-hybridized carbons (Fsp3) is 0.250. The summed E-state index contributed by atoms with van der Waals surface area (Å²) in [6.45, 7) is 4.07. The molecule has 3 aromatic rings. The highest BCUT2D eigenvalue weighted by molar-refractivity contribution is 5.77. The maximum atomic E-state index is 12.3. The van der Waals surface area contributed by atoms with Crippen molar-refractivity contribution in [1.29, 1.82) is 0 Å². The zero-order chi connectivity index (χ0) is 17.6. The van der Waals surface area contributed by atoms with Crippen LogP contribution in [0.2, 0.25) is 0 Å². The lowest BCUT2D eigenvalue weighted by Gasteiger charge is -2.17. The van der Waals surface area contributed by atoms with E-state index in [4.69, 9.17) is 0 Å². The smallest absolute Gasteiger partial charge is 0.221 e. The second kappa shape index (κ2) is 7.75. The van der Waals surface area contributed by atoms with E-state index in [0.29, 0.717) is 6.42 Å². The average molecular weight is 334 g/mol. The number of rotatable bonds is 6. The first-order chi connectivity index (χ1) is 12.1. The van der Waals surface area contributed by atoms with Gasteiger partial charge in [-0.05, 0) is 36.1 Å². The van der Waals surface area contributed by atoms with Crippen LogP contribution in [-0.4, -0.2) is 20.7 Å².